The van der Waals surface area contributed by atoms with E-state index in [0.29, 0.717) is 18.3 Å². The summed E-state index contributed by atoms with van der Waals surface area (Å²) in [6.07, 6.45) is 5.71. The summed E-state index contributed by atoms with van der Waals surface area (Å²) in [6, 6.07) is 8.11. The van der Waals surface area contributed by atoms with Gasteiger partial charge >= 0.3 is 0 Å². The summed E-state index contributed by atoms with van der Waals surface area (Å²) in [5.74, 6) is 1.22. The largest absolute Gasteiger partial charge is 0.326 e. The van der Waals surface area contributed by atoms with Crippen LogP contribution in [0.3, 0.4) is 0 Å². The molecule has 98 valence electrons. The van der Waals surface area contributed by atoms with Crippen molar-refractivity contribution < 1.29 is 4.79 Å². The van der Waals surface area contributed by atoms with Gasteiger partial charge in [-0.15, -0.1) is 0 Å². The molecule has 1 aliphatic rings. The summed E-state index contributed by atoms with van der Waals surface area (Å²) in [4.78, 5) is 12.0. The van der Waals surface area contributed by atoms with Gasteiger partial charge in [-0.2, -0.15) is 0 Å². The maximum Gasteiger partial charge on any atom is 0.224 e. The first-order valence-corrected chi connectivity index (χ1v) is 7.05. The first-order valence-electron chi connectivity index (χ1n) is 7.05. The van der Waals surface area contributed by atoms with Crippen LogP contribution in [0.1, 0.15) is 57.4 Å². The zero-order valence-corrected chi connectivity index (χ0v) is 11.4. The standard InChI is InChI=1S/C16H23NO/c1-12(2)14-9-5-6-10-15(14)17-16(18)11-13-7-3-4-8-13/h5-6,9-10,12-13H,3-4,7-8,11H2,1-2H3,(H,17,18). The highest BCUT2D eigenvalue weighted by atomic mass is 16.1. The highest BCUT2D eigenvalue weighted by Gasteiger charge is 2.19. The fourth-order valence-electron chi connectivity index (χ4n) is 2.79. The smallest absolute Gasteiger partial charge is 0.224 e. The third-order valence-electron chi connectivity index (χ3n) is 3.81. The van der Waals surface area contributed by atoms with Gasteiger partial charge in [0.15, 0.2) is 0 Å². The van der Waals surface area contributed by atoms with Crippen LogP contribution in [-0.4, -0.2) is 5.91 Å². The average molecular weight is 245 g/mol. The van der Waals surface area contributed by atoms with E-state index in [2.05, 4.69) is 25.2 Å². The molecule has 0 saturated heterocycles. The third-order valence-corrected chi connectivity index (χ3v) is 3.81. The molecule has 1 N–H and O–H groups in total. The van der Waals surface area contributed by atoms with Crippen LogP contribution < -0.4 is 5.32 Å². The Kier molecular flexibility index (Phi) is 4.40. The van der Waals surface area contributed by atoms with Gasteiger partial charge in [0.05, 0.1) is 0 Å². The maximum absolute atomic E-state index is 12.0. The second kappa shape index (κ2) is 6.03. The van der Waals surface area contributed by atoms with E-state index < -0.39 is 0 Å². The minimum absolute atomic E-state index is 0.176. The molecular weight excluding hydrogens is 222 g/mol. The summed E-state index contributed by atoms with van der Waals surface area (Å²) in [7, 11) is 0. The van der Waals surface area contributed by atoms with E-state index >= 15 is 0 Å². The second-order valence-electron chi connectivity index (χ2n) is 5.64. The zero-order valence-electron chi connectivity index (χ0n) is 11.4. The molecule has 0 spiro atoms. The van der Waals surface area contributed by atoms with Gasteiger partial charge in [0.25, 0.3) is 0 Å². The van der Waals surface area contributed by atoms with E-state index in [1.54, 1.807) is 0 Å². The quantitative estimate of drug-likeness (QED) is 0.840. The number of hydrogen-bond donors (Lipinski definition) is 1. The Labute approximate surface area is 110 Å². The van der Waals surface area contributed by atoms with Gasteiger partial charge in [-0.05, 0) is 36.3 Å². The van der Waals surface area contributed by atoms with Crippen molar-refractivity contribution >= 4 is 11.6 Å². The van der Waals surface area contributed by atoms with Crippen molar-refractivity contribution in [3.63, 3.8) is 0 Å². The van der Waals surface area contributed by atoms with E-state index in [-0.39, 0.29) is 5.91 Å². The fourth-order valence-corrected chi connectivity index (χ4v) is 2.79. The molecular formula is C16H23NO. The van der Waals surface area contributed by atoms with E-state index in [4.69, 9.17) is 0 Å². The molecule has 18 heavy (non-hydrogen) atoms. The maximum atomic E-state index is 12.0. The Morgan fingerprint density at radius 1 is 1.28 bits per heavy atom. The lowest BCUT2D eigenvalue weighted by atomic mass is 10.00. The Bertz CT molecular complexity index is 405. The minimum Gasteiger partial charge on any atom is -0.326 e. The molecule has 1 aromatic carbocycles. The summed E-state index contributed by atoms with van der Waals surface area (Å²) >= 11 is 0. The number of carbonyl (C=O) groups excluding carboxylic acids is 1. The van der Waals surface area contributed by atoms with Crippen molar-refractivity contribution in [3.05, 3.63) is 29.8 Å². The monoisotopic (exact) mass is 245 g/mol. The molecule has 1 saturated carbocycles. The van der Waals surface area contributed by atoms with Crippen LogP contribution >= 0.6 is 0 Å². The summed E-state index contributed by atoms with van der Waals surface area (Å²) in [5, 5.41) is 3.08. The lowest BCUT2D eigenvalue weighted by Gasteiger charge is -2.15. The predicted octanol–water partition coefficient (Wildman–Crippen LogP) is 4.33. The van der Waals surface area contributed by atoms with Crippen LogP contribution in [0.15, 0.2) is 24.3 Å². The first-order chi connectivity index (χ1) is 8.66. The average Bonchev–Trinajstić information content (AvgIpc) is 2.82. The van der Waals surface area contributed by atoms with Crippen molar-refractivity contribution in [2.75, 3.05) is 5.32 Å². The first kappa shape index (κ1) is 13.1. The Balaban J connectivity index is 1.97. The second-order valence-corrected chi connectivity index (χ2v) is 5.64. The van der Waals surface area contributed by atoms with Crippen LogP contribution in [0.25, 0.3) is 0 Å². The third kappa shape index (κ3) is 3.34. The summed E-state index contributed by atoms with van der Waals surface area (Å²) in [6.45, 7) is 4.31. The number of nitrogens with one attached hydrogen (secondary N) is 1. The molecule has 1 fully saturated rings. The molecule has 1 aliphatic carbocycles. The molecule has 0 aromatic heterocycles. The molecule has 2 heteroatoms. The molecule has 0 bridgehead atoms. The number of benzene rings is 1. The predicted molar refractivity (Wildman–Crippen MR) is 75.7 cm³/mol. The zero-order chi connectivity index (χ0) is 13.0. The molecule has 0 radical (unpaired) electrons. The molecule has 0 heterocycles. The van der Waals surface area contributed by atoms with E-state index in [9.17, 15) is 4.79 Å². The Morgan fingerprint density at radius 2 is 1.94 bits per heavy atom. The highest BCUT2D eigenvalue weighted by Crippen LogP contribution is 2.29. The van der Waals surface area contributed by atoms with E-state index in [1.165, 1.54) is 31.2 Å². The van der Waals surface area contributed by atoms with Crippen LogP contribution in [-0.2, 0) is 4.79 Å². The molecule has 0 aliphatic heterocycles. The Hall–Kier alpha value is -1.31. The molecule has 1 amide bonds. The number of amides is 1. The highest BCUT2D eigenvalue weighted by molar-refractivity contribution is 5.91. The molecule has 2 nitrogen and oxygen atoms in total. The molecule has 1 aromatic rings. The van der Waals surface area contributed by atoms with Crippen molar-refractivity contribution in [1.29, 1.82) is 0 Å². The minimum atomic E-state index is 0.176. The van der Waals surface area contributed by atoms with Crippen molar-refractivity contribution in [2.24, 2.45) is 5.92 Å². The lowest BCUT2D eigenvalue weighted by Crippen LogP contribution is -2.16. The topological polar surface area (TPSA) is 29.1 Å². The number of anilines is 1. The lowest BCUT2D eigenvalue weighted by molar-refractivity contribution is -0.117. The molecule has 0 atom stereocenters. The van der Waals surface area contributed by atoms with E-state index in [0.717, 1.165) is 5.69 Å². The number of carbonyl (C=O) groups is 1. The van der Waals surface area contributed by atoms with Crippen molar-refractivity contribution in [3.8, 4) is 0 Å². The SMILES string of the molecule is CC(C)c1ccccc1NC(=O)CC1CCCC1. The van der Waals surface area contributed by atoms with Gasteiger partial charge in [-0.25, -0.2) is 0 Å². The number of rotatable bonds is 4. The Morgan fingerprint density at radius 3 is 2.61 bits per heavy atom. The van der Waals surface area contributed by atoms with Gasteiger partial charge in [0.1, 0.15) is 0 Å². The van der Waals surface area contributed by atoms with Gasteiger partial charge in [0.2, 0.25) is 5.91 Å². The number of para-hydroxylation sites is 1. The summed E-state index contributed by atoms with van der Waals surface area (Å²) < 4.78 is 0. The van der Waals surface area contributed by atoms with Gasteiger partial charge < -0.3 is 5.32 Å². The molecule has 0 unspecified atom stereocenters. The normalized spacial score (nSPS) is 16.2. The van der Waals surface area contributed by atoms with Crippen molar-refractivity contribution in [2.45, 2.75) is 51.9 Å². The van der Waals surface area contributed by atoms with Crippen molar-refractivity contribution in [1.82, 2.24) is 0 Å². The van der Waals surface area contributed by atoms with Crippen LogP contribution in [0.5, 0.6) is 0 Å². The summed E-state index contributed by atoms with van der Waals surface area (Å²) in [5.41, 5.74) is 2.20. The van der Waals surface area contributed by atoms with Crippen LogP contribution in [0, 0.1) is 5.92 Å². The van der Waals surface area contributed by atoms with Gasteiger partial charge in [-0.3, -0.25) is 4.79 Å². The fraction of sp³-hybridized carbons (Fsp3) is 0.562. The van der Waals surface area contributed by atoms with E-state index in [1.807, 2.05) is 18.2 Å². The van der Waals surface area contributed by atoms with Gasteiger partial charge in [0, 0.05) is 12.1 Å². The van der Waals surface area contributed by atoms with Crippen LogP contribution in [0.2, 0.25) is 0 Å². The van der Waals surface area contributed by atoms with Crippen LogP contribution in [0.4, 0.5) is 5.69 Å². The molecule has 2 rings (SSSR count). The van der Waals surface area contributed by atoms with Gasteiger partial charge in [-0.1, -0.05) is 44.9 Å². The number of hydrogen-bond acceptors (Lipinski definition) is 1.